The molecule has 0 spiro atoms. The second-order valence-electron chi connectivity index (χ2n) is 6.53. The van der Waals surface area contributed by atoms with Crippen LogP contribution < -0.4 is 0 Å². The van der Waals surface area contributed by atoms with E-state index in [4.69, 9.17) is 9.47 Å². The van der Waals surface area contributed by atoms with Crippen LogP contribution in [-0.2, 0) is 14.3 Å². The number of hydrogen-bond donors (Lipinski definition) is 0. The predicted molar refractivity (Wildman–Crippen MR) is 105 cm³/mol. The maximum absolute atomic E-state index is 11.2. The lowest BCUT2D eigenvalue weighted by atomic mass is 10.1. The van der Waals surface area contributed by atoms with Crippen LogP contribution >= 0.6 is 0 Å². The molecule has 0 bridgehead atoms. The summed E-state index contributed by atoms with van der Waals surface area (Å²) >= 11 is 0. The molecule has 0 saturated carbocycles. The first-order valence-corrected chi connectivity index (χ1v) is 10.0. The molecule has 1 rings (SSSR count). The lowest BCUT2D eigenvalue weighted by Gasteiger charge is -1.98. The number of carbonyl (C=O) groups is 1. The fourth-order valence-corrected chi connectivity index (χ4v) is 2.67. The number of hydrogen-bond acceptors (Lipinski definition) is 3. The van der Waals surface area contributed by atoms with E-state index in [0.29, 0.717) is 25.2 Å². The first kappa shape index (κ1) is 21.7. The Hall–Kier alpha value is -1.35. The van der Waals surface area contributed by atoms with E-state index in [2.05, 4.69) is 43.4 Å². The average molecular weight is 349 g/mol. The van der Waals surface area contributed by atoms with Crippen LogP contribution in [0.15, 0.2) is 36.5 Å². The van der Waals surface area contributed by atoms with Gasteiger partial charge in [0.15, 0.2) is 0 Å². The summed E-state index contributed by atoms with van der Waals surface area (Å²) in [6.07, 6.45) is 24.6. The van der Waals surface area contributed by atoms with Crippen molar-refractivity contribution >= 4 is 5.97 Å². The molecular formula is C22H36O3. The van der Waals surface area contributed by atoms with Gasteiger partial charge in [-0.1, -0.05) is 56.2 Å². The van der Waals surface area contributed by atoms with E-state index >= 15 is 0 Å². The Morgan fingerprint density at radius 3 is 2.24 bits per heavy atom. The van der Waals surface area contributed by atoms with Gasteiger partial charge in [0, 0.05) is 6.42 Å². The first-order chi connectivity index (χ1) is 12.3. The van der Waals surface area contributed by atoms with Crippen LogP contribution in [-0.4, -0.2) is 24.8 Å². The molecule has 3 nitrogen and oxygen atoms in total. The molecule has 2 atom stereocenters. The molecule has 1 aliphatic rings. The molecule has 0 unspecified atom stereocenters. The molecule has 0 aromatic carbocycles. The lowest BCUT2D eigenvalue weighted by molar-refractivity contribution is -0.143. The summed E-state index contributed by atoms with van der Waals surface area (Å²) in [5, 5.41) is 0. The van der Waals surface area contributed by atoms with Crippen molar-refractivity contribution in [3.05, 3.63) is 36.5 Å². The maximum Gasteiger partial charge on any atom is 0.305 e. The van der Waals surface area contributed by atoms with E-state index in [0.717, 1.165) is 32.1 Å². The third-order valence-electron chi connectivity index (χ3n) is 4.23. The van der Waals surface area contributed by atoms with Gasteiger partial charge in [0.25, 0.3) is 0 Å². The van der Waals surface area contributed by atoms with Crippen LogP contribution in [0.1, 0.15) is 78.1 Å². The van der Waals surface area contributed by atoms with Gasteiger partial charge in [0.2, 0.25) is 0 Å². The summed E-state index contributed by atoms with van der Waals surface area (Å²) in [6.45, 7) is 4.55. The van der Waals surface area contributed by atoms with Crippen molar-refractivity contribution in [3.8, 4) is 0 Å². The molecule has 0 aliphatic carbocycles. The van der Waals surface area contributed by atoms with Crippen LogP contribution in [0.3, 0.4) is 0 Å². The summed E-state index contributed by atoms with van der Waals surface area (Å²) in [6, 6.07) is 0. The van der Waals surface area contributed by atoms with Gasteiger partial charge in [-0.25, -0.2) is 0 Å². The first-order valence-electron chi connectivity index (χ1n) is 10.0. The van der Waals surface area contributed by atoms with Crippen molar-refractivity contribution in [3.63, 3.8) is 0 Å². The summed E-state index contributed by atoms with van der Waals surface area (Å²) in [4.78, 5) is 11.2. The fourth-order valence-electron chi connectivity index (χ4n) is 2.67. The van der Waals surface area contributed by atoms with Crippen LogP contribution in [0.4, 0.5) is 0 Å². The van der Waals surface area contributed by atoms with E-state index in [1.54, 1.807) is 0 Å². The Bertz CT molecular complexity index is 423. The summed E-state index contributed by atoms with van der Waals surface area (Å²) < 4.78 is 10.6. The van der Waals surface area contributed by atoms with Gasteiger partial charge in [0.05, 0.1) is 18.8 Å². The Balaban J connectivity index is 1.92. The van der Waals surface area contributed by atoms with Gasteiger partial charge in [0.1, 0.15) is 0 Å². The van der Waals surface area contributed by atoms with Gasteiger partial charge in [-0.2, -0.15) is 0 Å². The van der Waals surface area contributed by atoms with Crippen LogP contribution in [0.5, 0.6) is 0 Å². The zero-order chi connectivity index (χ0) is 18.2. The van der Waals surface area contributed by atoms with Crippen molar-refractivity contribution in [1.29, 1.82) is 0 Å². The Labute approximate surface area is 154 Å². The molecular weight excluding hydrogens is 312 g/mol. The number of esters is 1. The SMILES string of the molecule is CCCCC/C=C\C[C@@H]1O[C@@H]1C/C=C\C/C=C\CCCC(=O)OCC. The van der Waals surface area contributed by atoms with Gasteiger partial charge in [-0.05, 0) is 51.9 Å². The molecule has 0 aromatic rings. The minimum Gasteiger partial charge on any atom is -0.466 e. The standard InChI is InChI=1S/C22H36O3/c1-3-5-6-7-11-14-17-20-21(25-20)18-15-12-9-8-10-13-16-19-22(23)24-4-2/h8,10-12,14-15,20-21H,3-7,9,13,16-19H2,1-2H3/b10-8-,14-11-,15-12-/t20-,21+/m0/s1. The number of epoxide rings is 1. The van der Waals surface area contributed by atoms with Crippen molar-refractivity contribution in [1.82, 2.24) is 0 Å². The Morgan fingerprint density at radius 2 is 1.52 bits per heavy atom. The van der Waals surface area contributed by atoms with Crippen molar-refractivity contribution < 1.29 is 14.3 Å². The zero-order valence-electron chi connectivity index (χ0n) is 16.1. The molecule has 0 aromatic heterocycles. The second-order valence-corrected chi connectivity index (χ2v) is 6.53. The Morgan fingerprint density at radius 1 is 0.880 bits per heavy atom. The second kappa shape index (κ2) is 14.9. The molecule has 142 valence electrons. The van der Waals surface area contributed by atoms with Crippen molar-refractivity contribution in [2.75, 3.05) is 6.61 Å². The van der Waals surface area contributed by atoms with Crippen LogP contribution in [0.2, 0.25) is 0 Å². The van der Waals surface area contributed by atoms with Crippen LogP contribution in [0, 0.1) is 0 Å². The monoisotopic (exact) mass is 348 g/mol. The normalized spacial score (nSPS) is 20.1. The molecule has 0 N–H and O–H groups in total. The van der Waals surface area contributed by atoms with E-state index in [1.807, 2.05) is 6.92 Å². The number of rotatable bonds is 15. The molecule has 0 amide bonds. The third kappa shape index (κ3) is 12.6. The number of ether oxygens (including phenoxy) is 2. The van der Waals surface area contributed by atoms with E-state index < -0.39 is 0 Å². The fraction of sp³-hybridized carbons (Fsp3) is 0.682. The molecule has 1 aliphatic heterocycles. The minimum absolute atomic E-state index is 0.0920. The van der Waals surface area contributed by atoms with E-state index in [9.17, 15) is 4.79 Å². The maximum atomic E-state index is 11.2. The smallest absolute Gasteiger partial charge is 0.305 e. The topological polar surface area (TPSA) is 38.8 Å². The third-order valence-corrected chi connectivity index (χ3v) is 4.23. The van der Waals surface area contributed by atoms with Gasteiger partial charge >= 0.3 is 5.97 Å². The number of allylic oxidation sites excluding steroid dienone is 4. The number of carbonyl (C=O) groups excluding carboxylic acids is 1. The Kier molecular flexibility index (Phi) is 13.0. The highest BCUT2D eigenvalue weighted by molar-refractivity contribution is 5.69. The van der Waals surface area contributed by atoms with Crippen molar-refractivity contribution in [2.45, 2.75) is 90.3 Å². The molecule has 25 heavy (non-hydrogen) atoms. The average Bonchev–Trinajstić information content (AvgIpc) is 3.35. The quantitative estimate of drug-likeness (QED) is 0.160. The van der Waals surface area contributed by atoms with Gasteiger partial charge < -0.3 is 9.47 Å². The molecule has 1 fully saturated rings. The highest BCUT2D eigenvalue weighted by Gasteiger charge is 2.35. The zero-order valence-corrected chi connectivity index (χ0v) is 16.1. The van der Waals surface area contributed by atoms with Crippen molar-refractivity contribution in [2.24, 2.45) is 0 Å². The van der Waals surface area contributed by atoms with Gasteiger partial charge in [-0.15, -0.1) is 0 Å². The summed E-state index contributed by atoms with van der Waals surface area (Å²) in [7, 11) is 0. The highest BCUT2D eigenvalue weighted by atomic mass is 16.6. The van der Waals surface area contributed by atoms with Crippen LogP contribution in [0.25, 0.3) is 0 Å². The summed E-state index contributed by atoms with van der Waals surface area (Å²) in [5.41, 5.74) is 0. The molecule has 3 heteroatoms. The molecule has 0 radical (unpaired) electrons. The highest BCUT2D eigenvalue weighted by Crippen LogP contribution is 2.29. The molecule has 1 heterocycles. The minimum atomic E-state index is -0.0920. The summed E-state index contributed by atoms with van der Waals surface area (Å²) in [5.74, 6) is -0.0920. The van der Waals surface area contributed by atoms with E-state index in [1.165, 1.54) is 25.7 Å². The number of unbranched alkanes of at least 4 members (excludes halogenated alkanes) is 4. The molecule has 1 saturated heterocycles. The largest absolute Gasteiger partial charge is 0.466 e. The lowest BCUT2D eigenvalue weighted by Crippen LogP contribution is -2.02. The van der Waals surface area contributed by atoms with E-state index in [-0.39, 0.29) is 5.97 Å². The van der Waals surface area contributed by atoms with Gasteiger partial charge in [-0.3, -0.25) is 4.79 Å². The predicted octanol–water partition coefficient (Wildman–Crippen LogP) is 5.91.